The van der Waals surface area contributed by atoms with E-state index in [-0.39, 0.29) is 73.2 Å². The molecule has 0 aliphatic heterocycles. The molecule has 2 aromatic carbocycles. The van der Waals surface area contributed by atoms with Crippen molar-refractivity contribution in [3.8, 4) is 0 Å². The molecule has 0 radical (unpaired) electrons. The molecule has 0 fully saturated rings. The first-order valence-corrected chi connectivity index (χ1v) is 28.3. The molecule has 0 aromatic heterocycles. The Balaban J connectivity index is 0.00000132. The Morgan fingerprint density at radius 3 is 0.812 bits per heavy atom. The fourth-order valence-corrected chi connectivity index (χ4v) is 7.71. The number of ether oxygens (including phenoxy) is 4. The van der Waals surface area contributed by atoms with Crippen LogP contribution in [0.4, 0.5) is 0 Å². The summed E-state index contributed by atoms with van der Waals surface area (Å²) in [5.74, 6) is -3.48. The number of hydrogen-bond donors (Lipinski definition) is 0. The van der Waals surface area contributed by atoms with E-state index in [9.17, 15) is 45.1 Å². The predicted octanol–water partition coefficient (Wildman–Crippen LogP) is 12.4. The van der Waals surface area contributed by atoms with E-state index in [1.807, 2.05) is 0 Å². The van der Waals surface area contributed by atoms with Crippen molar-refractivity contribution < 1.29 is 64.1 Å². The van der Waals surface area contributed by atoms with Crippen LogP contribution in [-0.2, 0) is 39.2 Å². The average molecular weight is 1040 g/mol. The Bertz CT molecular complexity index is 1790. The fraction of sp³-hybridized carbons (Fsp3) is 0.692. The molecule has 2 atom stereocenters. The van der Waals surface area contributed by atoms with E-state index in [0.717, 1.165) is 52.4 Å². The number of hydrogen-bond acceptors (Lipinski definition) is 14. The summed E-state index contributed by atoms with van der Waals surface area (Å²) in [6, 6.07) is 11.6. The minimum absolute atomic E-state index is 0. The van der Waals surface area contributed by atoms with Gasteiger partial charge in [0.25, 0.3) is 0 Å². The third-order valence-electron chi connectivity index (χ3n) is 11.6. The Morgan fingerprint density at radius 1 is 0.391 bits per heavy atom. The molecule has 2 rings (SSSR count). The van der Waals surface area contributed by atoms with Gasteiger partial charge in [-0.3, -0.25) is 0 Å². The molecule has 69 heavy (non-hydrogen) atoms. The largest absolute Gasteiger partial charge is 2.00 e. The zero-order chi connectivity index (χ0) is 50.5. The molecule has 17 heteroatoms. The van der Waals surface area contributed by atoms with Crippen molar-refractivity contribution >= 4 is 81.9 Å². The van der Waals surface area contributed by atoms with Crippen molar-refractivity contribution in [1.29, 1.82) is 0 Å². The number of esters is 4. The molecule has 388 valence electrons. The summed E-state index contributed by atoms with van der Waals surface area (Å²) in [7, 11) is -9.57. The Morgan fingerprint density at radius 2 is 0.594 bits per heavy atom. The van der Waals surface area contributed by atoms with Gasteiger partial charge < -0.3 is 28.1 Å². The Labute approximate surface area is 445 Å². The molecule has 2 unspecified atom stereocenters. The van der Waals surface area contributed by atoms with Gasteiger partial charge in [0.15, 0.2) is 10.9 Å². The van der Waals surface area contributed by atoms with E-state index in [4.69, 9.17) is 9.47 Å². The van der Waals surface area contributed by atoms with Crippen molar-refractivity contribution in [2.24, 2.45) is 0 Å². The first-order chi connectivity index (χ1) is 32.5. The molecule has 14 nitrogen and oxygen atoms in total. The quantitative estimate of drug-likeness (QED) is 0.0201. The van der Waals surface area contributed by atoms with E-state index >= 15 is 0 Å². The molecule has 0 aliphatic rings. The molecule has 0 heterocycles. The third-order valence-corrected chi connectivity index (χ3v) is 13.4. The van der Waals surface area contributed by atoms with Crippen molar-refractivity contribution in [3.63, 3.8) is 0 Å². The number of rotatable bonds is 38. The number of carbonyl (C=O) groups excluding carboxylic acids is 4. The van der Waals surface area contributed by atoms with E-state index in [2.05, 4.69) is 23.3 Å². The predicted molar refractivity (Wildman–Crippen MR) is 269 cm³/mol. The maximum Gasteiger partial charge on any atom is 2.00 e. The van der Waals surface area contributed by atoms with Gasteiger partial charge in [-0.25, -0.2) is 36.0 Å². The van der Waals surface area contributed by atoms with Crippen LogP contribution in [0.25, 0.3) is 0 Å². The third kappa shape index (κ3) is 32.9. The first kappa shape index (κ1) is 66.4. The summed E-state index contributed by atoms with van der Waals surface area (Å²) in [5, 5.41) is 0. The van der Waals surface area contributed by atoms with Gasteiger partial charge in [-0.15, -0.1) is 0 Å². The van der Waals surface area contributed by atoms with Gasteiger partial charge in [-0.1, -0.05) is 205 Å². The topological polar surface area (TPSA) is 220 Å². The summed E-state index contributed by atoms with van der Waals surface area (Å²) in [5.41, 5.74) is -4.01. The number of benzene rings is 2. The molecular weight excluding hydrogens is 953 g/mol. The Hall–Kier alpha value is -2.60. The van der Waals surface area contributed by atoms with Crippen molar-refractivity contribution in [1.82, 2.24) is 0 Å². The van der Waals surface area contributed by atoms with Crippen molar-refractivity contribution in [2.45, 2.75) is 218 Å². The Kier molecular flexibility index (Phi) is 39.4. The minimum Gasteiger partial charge on any atom is -0.745 e. The zero-order valence-corrected chi connectivity index (χ0v) is 46.1. The van der Waals surface area contributed by atoms with E-state index in [1.54, 1.807) is 12.1 Å². The van der Waals surface area contributed by atoms with E-state index < -0.39 is 55.0 Å². The summed E-state index contributed by atoms with van der Waals surface area (Å²) >= 11 is 0. The van der Waals surface area contributed by atoms with Gasteiger partial charge >= 0.3 is 61.6 Å². The van der Waals surface area contributed by atoms with Gasteiger partial charge in [0.2, 0.25) is 0 Å². The van der Waals surface area contributed by atoms with Crippen LogP contribution in [0.3, 0.4) is 0 Å². The average Bonchev–Trinajstić information content (AvgIpc) is 3.30. The minimum atomic E-state index is -4.79. The van der Waals surface area contributed by atoms with Gasteiger partial charge in [-0.05, 0) is 51.0 Å². The van der Waals surface area contributed by atoms with Gasteiger partial charge in [0.05, 0.1) is 35.5 Å². The summed E-state index contributed by atoms with van der Waals surface area (Å²) in [6.07, 6.45) is 34.5. The molecule has 0 amide bonds. The maximum absolute atomic E-state index is 12.4. The molecule has 0 bridgehead atoms. The first-order valence-electron chi connectivity index (χ1n) is 25.4. The molecule has 0 saturated carbocycles. The van der Waals surface area contributed by atoms with Gasteiger partial charge in [-0.2, -0.15) is 0 Å². The van der Waals surface area contributed by atoms with Crippen LogP contribution in [0, 0.1) is 0 Å². The van der Waals surface area contributed by atoms with Crippen LogP contribution < -0.4 is 0 Å². The molecule has 0 spiro atoms. The second-order valence-corrected chi connectivity index (χ2v) is 20.8. The fourth-order valence-electron chi connectivity index (χ4n) is 7.30. The standard InChI is InChI=1S/2C26H42O7S.Ca/c2*1-3-4-5-6-7-8-9-10-11-12-13-14-15-18-21-32-25(27)23-19-16-17-20-24(23)26(28)33-22(2)34(29,30)31;/h2*16-17,19-20,22H,3-15,18,21H2,1-2H3,(H,29,30,31);/q;;+2/p-2. The molecule has 0 N–H and O–H groups in total. The van der Waals surface area contributed by atoms with Crippen molar-refractivity contribution in [3.05, 3.63) is 70.8 Å². The molecular formula is C52H82CaO14S2. The van der Waals surface area contributed by atoms with Crippen molar-refractivity contribution in [2.75, 3.05) is 13.2 Å². The second kappa shape index (κ2) is 40.9. The zero-order valence-electron chi connectivity index (χ0n) is 42.2. The van der Waals surface area contributed by atoms with Crippen LogP contribution in [0.5, 0.6) is 0 Å². The monoisotopic (exact) mass is 1030 g/mol. The van der Waals surface area contributed by atoms with Crippen LogP contribution >= 0.6 is 0 Å². The summed E-state index contributed by atoms with van der Waals surface area (Å²) < 4.78 is 85.7. The van der Waals surface area contributed by atoms with Crippen LogP contribution in [-0.4, -0.2) is 112 Å². The summed E-state index contributed by atoms with van der Waals surface area (Å²) in [6.45, 7) is 6.91. The maximum atomic E-state index is 12.4. The van der Waals surface area contributed by atoms with Crippen LogP contribution in [0.2, 0.25) is 0 Å². The van der Waals surface area contributed by atoms with Crippen LogP contribution in [0.15, 0.2) is 48.5 Å². The smallest absolute Gasteiger partial charge is 0.745 e. The molecule has 0 aliphatic carbocycles. The molecule has 2 aromatic rings. The number of unbranched alkanes of at least 4 members (excludes halogenated alkanes) is 26. The van der Waals surface area contributed by atoms with Crippen LogP contribution in [0.1, 0.15) is 249 Å². The SMILES string of the molecule is CCCCCCCCCCCCCCCCOC(=O)c1ccccc1C(=O)OC(C)S(=O)(=O)[O-].CCCCCCCCCCCCCCCCOC(=O)c1ccccc1C(=O)OC(C)S(=O)(=O)[O-].[Ca+2]. The second-order valence-electron chi connectivity index (χ2n) is 17.5. The molecule has 0 saturated heterocycles. The van der Waals surface area contributed by atoms with E-state index in [0.29, 0.717) is 0 Å². The number of carbonyl (C=O) groups is 4. The van der Waals surface area contributed by atoms with E-state index in [1.165, 1.54) is 178 Å². The van der Waals surface area contributed by atoms with Gasteiger partial charge in [0.1, 0.15) is 20.2 Å². The summed E-state index contributed by atoms with van der Waals surface area (Å²) in [4.78, 5) is 49.2. The normalized spacial score (nSPS) is 12.1. The van der Waals surface area contributed by atoms with Gasteiger partial charge in [0, 0.05) is 0 Å².